The SMILES string of the molecule is CCNC(=O)[C@@H](C)[NH2+][C@H](c1ccc(CC)cc1)c1cccs1. The normalized spacial score (nSPS) is 13.6. The lowest BCUT2D eigenvalue weighted by Gasteiger charge is -2.19. The number of quaternary nitrogens is 1. The zero-order chi connectivity index (χ0) is 15.9. The van der Waals surface area contributed by atoms with Crippen LogP contribution in [0.4, 0.5) is 0 Å². The molecule has 0 aliphatic heterocycles. The number of carbonyl (C=O) groups is 1. The lowest BCUT2D eigenvalue weighted by molar-refractivity contribution is -0.704. The van der Waals surface area contributed by atoms with E-state index in [-0.39, 0.29) is 18.0 Å². The molecule has 0 saturated heterocycles. The van der Waals surface area contributed by atoms with Gasteiger partial charge < -0.3 is 10.6 Å². The van der Waals surface area contributed by atoms with Crippen LogP contribution in [0.15, 0.2) is 41.8 Å². The molecule has 1 aromatic carbocycles. The molecule has 1 aromatic heterocycles. The third-order valence-electron chi connectivity index (χ3n) is 3.84. The molecule has 0 aliphatic carbocycles. The van der Waals surface area contributed by atoms with Crippen molar-refractivity contribution < 1.29 is 10.1 Å². The molecule has 2 aromatic rings. The maximum atomic E-state index is 12.0. The first-order valence-corrected chi connectivity index (χ1v) is 8.78. The largest absolute Gasteiger partial charge is 0.351 e. The van der Waals surface area contributed by atoms with E-state index < -0.39 is 0 Å². The minimum atomic E-state index is -0.113. The number of nitrogens with two attached hydrogens (primary N) is 1. The van der Waals surface area contributed by atoms with Crippen molar-refractivity contribution in [3.8, 4) is 0 Å². The van der Waals surface area contributed by atoms with Gasteiger partial charge in [0.2, 0.25) is 0 Å². The molecular formula is C18H25N2OS+. The van der Waals surface area contributed by atoms with Crippen molar-refractivity contribution in [2.24, 2.45) is 0 Å². The molecular weight excluding hydrogens is 292 g/mol. The third kappa shape index (κ3) is 4.18. The first kappa shape index (κ1) is 16.7. The molecule has 1 amide bonds. The Labute approximate surface area is 136 Å². The van der Waals surface area contributed by atoms with Gasteiger partial charge in [-0.2, -0.15) is 0 Å². The number of likely N-dealkylation sites (N-methyl/N-ethyl adjacent to an activating group) is 1. The van der Waals surface area contributed by atoms with Gasteiger partial charge in [0.15, 0.2) is 6.04 Å². The van der Waals surface area contributed by atoms with Crippen LogP contribution in [-0.4, -0.2) is 18.5 Å². The summed E-state index contributed by atoms with van der Waals surface area (Å²) in [6.07, 6.45) is 1.04. The number of carbonyl (C=O) groups excluding carboxylic acids is 1. The third-order valence-corrected chi connectivity index (χ3v) is 4.80. The van der Waals surface area contributed by atoms with E-state index in [1.165, 1.54) is 16.0 Å². The Bertz CT molecular complexity index is 578. The van der Waals surface area contributed by atoms with Gasteiger partial charge in [0.05, 0.1) is 4.88 Å². The van der Waals surface area contributed by atoms with E-state index >= 15 is 0 Å². The zero-order valence-corrected chi connectivity index (χ0v) is 14.3. The maximum Gasteiger partial charge on any atom is 0.277 e. The number of rotatable bonds is 7. The predicted molar refractivity (Wildman–Crippen MR) is 92.1 cm³/mol. The monoisotopic (exact) mass is 317 g/mol. The van der Waals surface area contributed by atoms with E-state index in [1.807, 2.05) is 13.8 Å². The first-order chi connectivity index (χ1) is 10.7. The van der Waals surface area contributed by atoms with Crippen molar-refractivity contribution >= 4 is 17.2 Å². The standard InChI is InChI=1S/C18H24N2OS/c1-4-14-8-10-15(11-9-14)17(16-7-6-12-22-16)20-13(3)18(21)19-5-2/h6-13,17,20H,4-5H2,1-3H3,(H,19,21)/p+1/t13-,17-/m1/s1. The number of benzene rings is 1. The molecule has 0 unspecified atom stereocenters. The highest BCUT2D eigenvalue weighted by Crippen LogP contribution is 2.23. The molecule has 4 heteroatoms. The topological polar surface area (TPSA) is 45.7 Å². The lowest BCUT2D eigenvalue weighted by Crippen LogP contribution is -2.92. The summed E-state index contributed by atoms with van der Waals surface area (Å²) in [6, 6.07) is 13.0. The highest BCUT2D eigenvalue weighted by atomic mass is 32.1. The van der Waals surface area contributed by atoms with Crippen LogP contribution in [0.1, 0.15) is 42.8 Å². The average molecular weight is 317 g/mol. The Kier molecular flexibility index (Phi) is 6.16. The van der Waals surface area contributed by atoms with Crippen molar-refractivity contribution in [1.29, 1.82) is 0 Å². The molecule has 3 nitrogen and oxygen atoms in total. The summed E-state index contributed by atoms with van der Waals surface area (Å²) in [5.41, 5.74) is 2.58. The minimum Gasteiger partial charge on any atom is -0.351 e. The van der Waals surface area contributed by atoms with Gasteiger partial charge in [0, 0.05) is 12.1 Å². The molecule has 3 N–H and O–H groups in total. The number of thiophene rings is 1. The molecule has 118 valence electrons. The van der Waals surface area contributed by atoms with Crippen molar-refractivity contribution in [2.45, 2.75) is 39.3 Å². The van der Waals surface area contributed by atoms with Crippen LogP contribution in [0.3, 0.4) is 0 Å². The second-order valence-corrected chi connectivity index (χ2v) is 6.44. The average Bonchev–Trinajstić information content (AvgIpc) is 3.07. The summed E-state index contributed by atoms with van der Waals surface area (Å²) in [5.74, 6) is 0.0919. The summed E-state index contributed by atoms with van der Waals surface area (Å²) < 4.78 is 0. The molecule has 0 radical (unpaired) electrons. The fourth-order valence-electron chi connectivity index (χ4n) is 2.51. The minimum absolute atomic E-state index is 0.0919. The van der Waals surface area contributed by atoms with Gasteiger partial charge in [-0.25, -0.2) is 0 Å². The molecule has 22 heavy (non-hydrogen) atoms. The summed E-state index contributed by atoms with van der Waals surface area (Å²) in [4.78, 5) is 13.3. The Morgan fingerprint density at radius 3 is 2.50 bits per heavy atom. The van der Waals surface area contributed by atoms with Crippen LogP contribution in [-0.2, 0) is 11.2 Å². The second kappa shape index (κ2) is 8.11. The van der Waals surface area contributed by atoms with E-state index in [0.29, 0.717) is 6.54 Å². The van der Waals surface area contributed by atoms with E-state index in [1.54, 1.807) is 11.3 Å². The quantitative estimate of drug-likeness (QED) is 0.810. The summed E-state index contributed by atoms with van der Waals surface area (Å²) in [7, 11) is 0. The number of hydrogen-bond donors (Lipinski definition) is 2. The van der Waals surface area contributed by atoms with E-state index in [0.717, 1.165) is 6.42 Å². The van der Waals surface area contributed by atoms with Crippen LogP contribution in [0.25, 0.3) is 0 Å². The van der Waals surface area contributed by atoms with Crippen molar-refractivity contribution in [1.82, 2.24) is 5.32 Å². The molecule has 0 saturated carbocycles. The number of nitrogens with one attached hydrogen (secondary N) is 1. The fourth-order valence-corrected chi connectivity index (χ4v) is 3.34. The molecule has 0 aliphatic rings. The number of aryl methyl sites for hydroxylation is 1. The van der Waals surface area contributed by atoms with Crippen LogP contribution >= 0.6 is 11.3 Å². The Balaban J connectivity index is 2.21. The van der Waals surface area contributed by atoms with Gasteiger partial charge in [-0.15, -0.1) is 11.3 Å². The van der Waals surface area contributed by atoms with Gasteiger partial charge in [-0.3, -0.25) is 4.79 Å². The highest BCUT2D eigenvalue weighted by Gasteiger charge is 2.25. The van der Waals surface area contributed by atoms with Crippen molar-refractivity contribution in [3.05, 3.63) is 57.8 Å². The fraction of sp³-hybridized carbons (Fsp3) is 0.389. The Morgan fingerprint density at radius 2 is 1.95 bits per heavy atom. The van der Waals surface area contributed by atoms with Crippen molar-refractivity contribution in [3.63, 3.8) is 0 Å². The number of hydrogen-bond acceptors (Lipinski definition) is 2. The van der Waals surface area contributed by atoms with Crippen LogP contribution in [0.2, 0.25) is 0 Å². The lowest BCUT2D eigenvalue weighted by atomic mass is 10.0. The maximum absolute atomic E-state index is 12.0. The van der Waals surface area contributed by atoms with E-state index in [4.69, 9.17) is 0 Å². The summed E-state index contributed by atoms with van der Waals surface area (Å²) in [5, 5.41) is 7.14. The smallest absolute Gasteiger partial charge is 0.277 e. The van der Waals surface area contributed by atoms with Crippen LogP contribution in [0.5, 0.6) is 0 Å². The molecule has 0 spiro atoms. The summed E-state index contributed by atoms with van der Waals surface area (Å²) >= 11 is 1.74. The molecule has 2 rings (SSSR count). The molecule has 0 bridgehead atoms. The van der Waals surface area contributed by atoms with Gasteiger partial charge in [-0.05, 0) is 37.3 Å². The Morgan fingerprint density at radius 1 is 1.23 bits per heavy atom. The first-order valence-electron chi connectivity index (χ1n) is 7.90. The van der Waals surface area contributed by atoms with Gasteiger partial charge in [-0.1, -0.05) is 37.3 Å². The van der Waals surface area contributed by atoms with Gasteiger partial charge in [0.1, 0.15) is 6.04 Å². The number of amides is 1. The summed E-state index contributed by atoms with van der Waals surface area (Å²) in [6.45, 7) is 6.75. The van der Waals surface area contributed by atoms with E-state index in [9.17, 15) is 4.79 Å². The molecule has 2 atom stereocenters. The predicted octanol–water partition coefficient (Wildman–Crippen LogP) is 2.49. The van der Waals surface area contributed by atoms with Gasteiger partial charge in [0.25, 0.3) is 5.91 Å². The molecule has 1 heterocycles. The van der Waals surface area contributed by atoms with Crippen LogP contribution in [0, 0.1) is 0 Å². The highest BCUT2D eigenvalue weighted by molar-refractivity contribution is 7.10. The van der Waals surface area contributed by atoms with Crippen LogP contribution < -0.4 is 10.6 Å². The Hall–Kier alpha value is -1.65. The molecule has 0 fully saturated rings. The second-order valence-electron chi connectivity index (χ2n) is 5.46. The van der Waals surface area contributed by atoms with Crippen molar-refractivity contribution in [2.75, 3.05) is 6.54 Å². The zero-order valence-electron chi connectivity index (χ0n) is 13.5. The van der Waals surface area contributed by atoms with Gasteiger partial charge >= 0.3 is 0 Å². The van der Waals surface area contributed by atoms with E-state index in [2.05, 4.69) is 59.3 Å².